The second kappa shape index (κ2) is 15.4. The molecule has 2 aromatic heterocycles. The molecule has 44 heavy (non-hydrogen) atoms. The molecule has 2 unspecified atom stereocenters. The summed E-state index contributed by atoms with van der Waals surface area (Å²) >= 11 is 0. The lowest BCUT2D eigenvalue weighted by Gasteiger charge is -2.21. The number of aromatic amines is 1. The van der Waals surface area contributed by atoms with Gasteiger partial charge in [0, 0.05) is 12.1 Å². The average molecular weight is 630 g/mol. The Morgan fingerprint density at radius 3 is 2.48 bits per heavy atom. The van der Waals surface area contributed by atoms with E-state index in [9.17, 15) is 27.6 Å². The summed E-state index contributed by atoms with van der Waals surface area (Å²) in [6.45, 7) is 0.289. The molecule has 0 radical (unpaired) electrons. The van der Waals surface area contributed by atoms with Gasteiger partial charge in [0.15, 0.2) is 11.2 Å². The van der Waals surface area contributed by atoms with Crippen LogP contribution in [0.25, 0.3) is 11.2 Å². The number of carbonyl (C=O) groups excluding carboxylic acids is 3. The number of nitrogens with one attached hydrogen (secondary N) is 3. The molecule has 0 saturated heterocycles. The molecule has 1 aromatic carbocycles. The van der Waals surface area contributed by atoms with Crippen LogP contribution in [0.4, 0.5) is 5.95 Å². The standard InChI is InChI=1S/C21H25N7O6.C6H6O3S/c1-33-15(29)8-7-14(20(32)34-2)26-18(30)11-3-5-12(6-4-11)23-9-13-10-24-17-16(25-13)19(31)28-21(22)27-17;7-10(8,9)6-4-2-1-3-5-6/h3,5-6,10-11,14,23H,4,7-9H2,1-2H3,(H,26,30)(H3,22,24,27,28,31);1-5H,(H,7,8,9). The van der Waals surface area contributed by atoms with Gasteiger partial charge >= 0.3 is 11.9 Å². The number of aromatic nitrogens is 4. The van der Waals surface area contributed by atoms with Gasteiger partial charge in [-0.05, 0) is 31.1 Å². The molecule has 1 amide bonds. The van der Waals surface area contributed by atoms with Gasteiger partial charge < -0.3 is 25.8 Å². The number of rotatable bonds is 10. The van der Waals surface area contributed by atoms with Gasteiger partial charge in [0.25, 0.3) is 15.7 Å². The van der Waals surface area contributed by atoms with E-state index < -0.39 is 39.6 Å². The Hall–Kier alpha value is -5.16. The number of nitrogen functional groups attached to an aromatic ring is 1. The molecule has 3 aromatic rings. The predicted molar refractivity (Wildman–Crippen MR) is 156 cm³/mol. The molecule has 1 aliphatic rings. The third kappa shape index (κ3) is 9.70. The summed E-state index contributed by atoms with van der Waals surface area (Å²) in [5, 5.41) is 5.79. The zero-order chi connectivity index (χ0) is 32.3. The van der Waals surface area contributed by atoms with Crippen molar-refractivity contribution >= 4 is 45.1 Å². The Morgan fingerprint density at radius 1 is 1.16 bits per heavy atom. The van der Waals surface area contributed by atoms with Crippen LogP contribution in [-0.2, 0) is 40.5 Å². The Balaban J connectivity index is 0.000000448. The van der Waals surface area contributed by atoms with Gasteiger partial charge in [-0.15, -0.1) is 0 Å². The molecular weight excluding hydrogens is 598 g/mol. The number of benzene rings is 1. The number of fused-ring (bicyclic) bond motifs is 1. The highest BCUT2D eigenvalue weighted by molar-refractivity contribution is 7.85. The molecular formula is C27H31N7O9S. The lowest BCUT2D eigenvalue weighted by molar-refractivity contribution is -0.146. The van der Waals surface area contributed by atoms with Crippen LogP contribution in [-0.4, -0.2) is 71.0 Å². The topological polar surface area (TPSA) is 246 Å². The number of methoxy groups -OCH3 is 2. The maximum absolute atomic E-state index is 12.6. The molecule has 17 heteroatoms. The third-order valence-corrected chi connectivity index (χ3v) is 6.97. The van der Waals surface area contributed by atoms with E-state index in [1.807, 2.05) is 6.08 Å². The number of nitrogens with two attached hydrogens (primary N) is 1. The fourth-order valence-corrected chi connectivity index (χ4v) is 4.32. The molecule has 6 N–H and O–H groups in total. The fraction of sp³-hybridized carbons (Fsp3) is 0.296. The number of H-pyrrole nitrogens is 1. The molecule has 0 fully saturated rings. The van der Waals surface area contributed by atoms with Crippen molar-refractivity contribution in [3.63, 3.8) is 0 Å². The number of ether oxygens (including phenoxy) is 2. The van der Waals surface area contributed by atoms with Crippen LogP contribution in [0.15, 0.2) is 70.1 Å². The van der Waals surface area contributed by atoms with Gasteiger partial charge in [0.1, 0.15) is 6.04 Å². The lowest BCUT2D eigenvalue weighted by Crippen LogP contribution is -2.44. The number of hydrogen-bond donors (Lipinski definition) is 5. The zero-order valence-electron chi connectivity index (χ0n) is 23.7. The van der Waals surface area contributed by atoms with E-state index in [0.29, 0.717) is 12.1 Å². The largest absolute Gasteiger partial charge is 0.469 e. The summed E-state index contributed by atoms with van der Waals surface area (Å²) in [5.41, 5.74) is 6.55. The number of nitrogens with zero attached hydrogens (tertiary/aromatic N) is 3. The zero-order valence-corrected chi connectivity index (χ0v) is 24.5. The quantitative estimate of drug-likeness (QED) is 0.150. The van der Waals surface area contributed by atoms with Gasteiger partial charge in [0.2, 0.25) is 11.9 Å². The van der Waals surface area contributed by atoms with Crippen molar-refractivity contribution in [1.29, 1.82) is 0 Å². The first-order valence-corrected chi connectivity index (χ1v) is 14.5. The first-order valence-electron chi connectivity index (χ1n) is 13.0. The summed E-state index contributed by atoms with van der Waals surface area (Å²) in [6, 6.07) is 6.47. The smallest absolute Gasteiger partial charge is 0.328 e. The number of hydrogen-bond acceptors (Lipinski definition) is 13. The summed E-state index contributed by atoms with van der Waals surface area (Å²) in [7, 11) is -1.54. The molecule has 2 heterocycles. The molecule has 234 valence electrons. The Kier molecular flexibility index (Phi) is 11.6. The van der Waals surface area contributed by atoms with Crippen molar-refractivity contribution in [2.24, 2.45) is 5.92 Å². The predicted octanol–water partition coefficient (Wildman–Crippen LogP) is 0.389. The SMILES string of the molecule is COC(=O)CCC(NC(=O)C1C=CC(NCc2cnc3nc(N)[nH]c(=O)c3n2)=CC1)C(=O)OC.O=S(=O)(O)c1ccccc1. The van der Waals surface area contributed by atoms with Crippen molar-refractivity contribution in [2.45, 2.75) is 36.7 Å². The Labute approximate surface area is 251 Å². The number of esters is 2. The second-order valence-corrected chi connectivity index (χ2v) is 10.6. The van der Waals surface area contributed by atoms with Crippen molar-refractivity contribution in [1.82, 2.24) is 30.6 Å². The maximum Gasteiger partial charge on any atom is 0.328 e. The van der Waals surface area contributed by atoms with E-state index in [1.54, 1.807) is 30.4 Å². The van der Waals surface area contributed by atoms with Crippen LogP contribution >= 0.6 is 0 Å². The molecule has 4 rings (SSSR count). The molecule has 0 aliphatic heterocycles. The number of anilines is 1. The van der Waals surface area contributed by atoms with E-state index in [4.69, 9.17) is 15.0 Å². The van der Waals surface area contributed by atoms with Crippen LogP contribution in [0.3, 0.4) is 0 Å². The Bertz CT molecular complexity index is 1720. The first-order chi connectivity index (χ1) is 20.9. The highest BCUT2D eigenvalue weighted by Crippen LogP contribution is 2.17. The molecule has 0 spiro atoms. The van der Waals surface area contributed by atoms with E-state index in [2.05, 4.69) is 35.3 Å². The van der Waals surface area contributed by atoms with Crippen molar-refractivity contribution < 1.29 is 36.8 Å². The minimum Gasteiger partial charge on any atom is -0.469 e. The van der Waals surface area contributed by atoms with Crippen molar-refractivity contribution in [3.8, 4) is 0 Å². The fourth-order valence-electron chi connectivity index (χ4n) is 3.82. The highest BCUT2D eigenvalue weighted by atomic mass is 32.2. The minimum absolute atomic E-state index is 0.0298. The van der Waals surface area contributed by atoms with Crippen LogP contribution in [0, 0.1) is 5.92 Å². The van der Waals surface area contributed by atoms with Crippen LogP contribution < -0.4 is 21.9 Å². The van der Waals surface area contributed by atoms with Gasteiger partial charge in [-0.2, -0.15) is 13.4 Å². The van der Waals surface area contributed by atoms with Crippen LogP contribution in [0.5, 0.6) is 0 Å². The van der Waals surface area contributed by atoms with Gasteiger partial charge in [0.05, 0.1) is 43.5 Å². The summed E-state index contributed by atoms with van der Waals surface area (Å²) < 4.78 is 38.5. The monoisotopic (exact) mass is 629 g/mol. The summed E-state index contributed by atoms with van der Waals surface area (Å²) in [6.07, 6.45) is 7.19. The lowest BCUT2D eigenvalue weighted by atomic mass is 9.97. The number of amides is 1. The number of carbonyl (C=O) groups is 3. The first kappa shape index (κ1) is 33.3. The van der Waals surface area contributed by atoms with Crippen LogP contribution in [0.2, 0.25) is 0 Å². The minimum atomic E-state index is -4.00. The van der Waals surface area contributed by atoms with E-state index in [1.165, 1.54) is 32.5 Å². The number of allylic oxidation sites excluding steroid dienone is 2. The van der Waals surface area contributed by atoms with E-state index >= 15 is 0 Å². The molecule has 0 bridgehead atoms. The molecule has 1 aliphatic carbocycles. The summed E-state index contributed by atoms with van der Waals surface area (Å²) in [4.78, 5) is 62.5. The van der Waals surface area contributed by atoms with Crippen LogP contribution in [0.1, 0.15) is 25.0 Å². The van der Waals surface area contributed by atoms with E-state index in [-0.39, 0.29) is 47.3 Å². The van der Waals surface area contributed by atoms with Crippen molar-refractivity contribution in [3.05, 3.63) is 76.5 Å². The van der Waals surface area contributed by atoms with Gasteiger partial charge in [-0.3, -0.25) is 23.9 Å². The summed E-state index contributed by atoms with van der Waals surface area (Å²) in [5.74, 6) is -2.01. The average Bonchev–Trinajstić information content (AvgIpc) is 3.02. The normalized spacial score (nSPS) is 14.8. The Morgan fingerprint density at radius 2 is 1.89 bits per heavy atom. The third-order valence-electron chi connectivity index (χ3n) is 6.10. The molecule has 0 saturated carbocycles. The highest BCUT2D eigenvalue weighted by Gasteiger charge is 2.26. The molecule has 2 atom stereocenters. The van der Waals surface area contributed by atoms with E-state index in [0.717, 1.165) is 5.70 Å². The van der Waals surface area contributed by atoms with Crippen molar-refractivity contribution in [2.75, 3.05) is 20.0 Å². The molecule has 16 nitrogen and oxygen atoms in total. The van der Waals surface area contributed by atoms with Gasteiger partial charge in [-0.25, -0.2) is 14.8 Å². The second-order valence-electron chi connectivity index (χ2n) is 9.19. The van der Waals surface area contributed by atoms with Gasteiger partial charge in [-0.1, -0.05) is 30.4 Å². The maximum atomic E-state index is 12.6.